The summed E-state index contributed by atoms with van der Waals surface area (Å²) in [6.07, 6.45) is 0. The van der Waals surface area contributed by atoms with Crippen LogP contribution in [0.2, 0.25) is 0 Å². The van der Waals surface area contributed by atoms with Crippen LogP contribution in [0.25, 0.3) is 10.8 Å². The number of amides is 2. The van der Waals surface area contributed by atoms with E-state index < -0.39 is 0 Å². The number of carbonyl (C=O) groups is 2. The summed E-state index contributed by atoms with van der Waals surface area (Å²) in [6.45, 7) is 3.67. The van der Waals surface area contributed by atoms with Gasteiger partial charge in [0.15, 0.2) is 0 Å². The summed E-state index contributed by atoms with van der Waals surface area (Å²) in [6, 6.07) is 16.9. The lowest BCUT2D eigenvalue weighted by Gasteiger charge is -2.32. The second-order valence-electron chi connectivity index (χ2n) is 7.02. The van der Waals surface area contributed by atoms with Crippen LogP contribution in [0.3, 0.4) is 0 Å². The minimum atomic E-state index is -0.279. The summed E-state index contributed by atoms with van der Waals surface area (Å²) in [4.78, 5) is 30.1. The van der Waals surface area contributed by atoms with Crippen molar-refractivity contribution in [3.8, 4) is 0 Å². The highest BCUT2D eigenvalue weighted by atomic mass is 79.9. The normalized spacial score (nSPS) is 16.8. The quantitative estimate of drug-likeness (QED) is 0.621. The third-order valence-corrected chi connectivity index (χ3v) is 5.90. The van der Waals surface area contributed by atoms with Gasteiger partial charge in [-0.3, -0.25) is 9.59 Å². The number of hydrogen-bond acceptors (Lipinski definition) is 4. The van der Waals surface area contributed by atoms with Crippen LogP contribution in [-0.4, -0.2) is 38.0 Å². The van der Waals surface area contributed by atoms with Crippen LogP contribution in [0.15, 0.2) is 59.1 Å². The number of anilines is 2. The highest BCUT2D eigenvalue weighted by Gasteiger charge is 2.34. The summed E-state index contributed by atoms with van der Waals surface area (Å²) in [5.74, 6) is -0.558. The lowest BCUT2D eigenvalue weighted by atomic mass is 9.92. The van der Waals surface area contributed by atoms with Gasteiger partial charge in [0, 0.05) is 58.2 Å². The van der Waals surface area contributed by atoms with Crippen LogP contribution in [0.5, 0.6) is 0 Å². The first-order valence-corrected chi connectivity index (χ1v) is 10.1. The summed E-state index contributed by atoms with van der Waals surface area (Å²) >= 11 is 3.42. The Balaban J connectivity index is 1.69. The van der Waals surface area contributed by atoms with Crippen molar-refractivity contribution >= 4 is 49.9 Å². The van der Waals surface area contributed by atoms with Crippen molar-refractivity contribution in [3.05, 3.63) is 70.2 Å². The first-order valence-electron chi connectivity index (χ1n) is 9.31. The van der Waals surface area contributed by atoms with Crippen LogP contribution in [0.4, 0.5) is 11.4 Å². The first-order chi connectivity index (χ1) is 13.6. The Morgan fingerprint density at radius 3 is 2.32 bits per heavy atom. The van der Waals surface area contributed by atoms with Gasteiger partial charge in [-0.15, -0.1) is 0 Å². The maximum atomic E-state index is 13.3. The summed E-state index contributed by atoms with van der Waals surface area (Å²) in [7, 11) is 0. The Morgan fingerprint density at radius 2 is 1.57 bits per heavy atom. The second-order valence-corrected chi connectivity index (χ2v) is 7.94. The molecule has 28 heavy (non-hydrogen) atoms. The Morgan fingerprint density at radius 1 is 0.857 bits per heavy atom. The Bertz CT molecular complexity index is 1100. The van der Waals surface area contributed by atoms with E-state index in [1.807, 2.05) is 42.5 Å². The zero-order valence-corrected chi connectivity index (χ0v) is 16.7. The van der Waals surface area contributed by atoms with E-state index in [1.165, 1.54) is 4.90 Å². The highest BCUT2D eigenvalue weighted by molar-refractivity contribution is 9.10. The van der Waals surface area contributed by atoms with Crippen LogP contribution in [0, 0.1) is 0 Å². The van der Waals surface area contributed by atoms with E-state index in [9.17, 15) is 9.59 Å². The lowest BCUT2D eigenvalue weighted by Crippen LogP contribution is -2.44. The number of hydrogen-bond donors (Lipinski definition) is 1. The number of benzene rings is 3. The van der Waals surface area contributed by atoms with Gasteiger partial charge in [-0.1, -0.05) is 34.1 Å². The van der Waals surface area contributed by atoms with Gasteiger partial charge in [-0.2, -0.15) is 0 Å². The van der Waals surface area contributed by atoms with Crippen LogP contribution >= 0.6 is 15.9 Å². The fourth-order valence-electron chi connectivity index (χ4n) is 4.11. The SMILES string of the molecule is O=C1c2cccc3c(N4CCNCC4)ccc(c23)C(=O)N1c1cccc(Br)c1. The van der Waals surface area contributed by atoms with Crippen molar-refractivity contribution in [2.45, 2.75) is 0 Å². The summed E-state index contributed by atoms with van der Waals surface area (Å²) in [5, 5.41) is 5.09. The molecule has 6 heteroatoms. The first kappa shape index (κ1) is 17.4. The van der Waals surface area contributed by atoms with Crippen molar-refractivity contribution in [2.75, 3.05) is 36.0 Å². The topological polar surface area (TPSA) is 52.7 Å². The molecule has 3 aromatic carbocycles. The molecule has 3 aromatic rings. The minimum absolute atomic E-state index is 0.279. The summed E-state index contributed by atoms with van der Waals surface area (Å²) < 4.78 is 0.823. The third kappa shape index (κ3) is 2.64. The number of nitrogens with one attached hydrogen (secondary N) is 1. The molecule has 1 fully saturated rings. The molecule has 0 spiro atoms. The molecule has 0 saturated carbocycles. The zero-order valence-electron chi connectivity index (χ0n) is 15.1. The van der Waals surface area contributed by atoms with Crippen molar-refractivity contribution in [1.82, 2.24) is 5.32 Å². The van der Waals surface area contributed by atoms with Crippen molar-refractivity contribution < 1.29 is 9.59 Å². The molecule has 2 heterocycles. The van der Waals surface area contributed by atoms with E-state index in [4.69, 9.17) is 0 Å². The molecule has 2 aliphatic heterocycles. The number of imide groups is 1. The van der Waals surface area contributed by atoms with E-state index in [0.29, 0.717) is 16.8 Å². The smallest absolute Gasteiger partial charge is 0.265 e. The molecule has 5 rings (SSSR count). The fraction of sp³-hybridized carbons (Fsp3) is 0.182. The van der Waals surface area contributed by atoms with Crippen molar-refractivity contribution in [1.29, 1.82) is 0 Å². The molecule has 0 aromatic heterocycles. The number of piperazine rings is 1. The molecular weight excluding hydrogens is 418 g/mol. The minimum Gasteiger partial charge on any atom is -0.368 e. The van der Waals surface area contributed by atoms with Crippen LogP contribution < -0.4 is 15.1 Å². The predicted molar refractivity (Wildman–Crippen MR) is 114 cm³/mol. The molecule has 140 valence electrons. The average Bonchev–Trinajstić information content (AvgIpc) is 2.72. The van der Waals surface area contributed by atoms with E-state index >= 15 is 0 Å². The van der Waals surface area contributed by atoms with Crippen LogP contribution in [-0.2, 0) is 0 Å². The maximum Gasteiger partial charge on any atom is 0.265 e. The molecule has 1 N–H and O–H groups in total. The molecule has 0 unspecified atom stereocenters. The number of rotatable bonds is 2. The fourth-order valence-corrected chi connectivity index (χ4v) is 4.50. The predicted octanol–water partition coefficient (Wildman–Crippen LogP) is 3.81. The molecule has 0 aliphatic carbocycles. The zero-order chi connectivity index (χ0) is 19.3. The maximum absolute atomic E-state index is 13.3. The largest absolute Gasteiger partial charge is 0.368 e. The number of halogens is 1. The Kier molecular flexibility index (Phi) is 4.18. The second kappa shape index (κ2) is 6.72. The van der Waals surface area contributed by atoms with Gasteiger partial charge in [0.25, 0.3) is 11.8 Å². The van der Waals surface area contributed by atoms with E-state index in [0.717, 1.165) is 47.1 Å². The van der Waals surface area contributed by atoms with Gasteiger partial charge in [0.05, 0.1) is 5.69 Å². The molecule has 0 bridgehead atoms. The summed E-state index contributed by atoms with van der Waals surface area (Å²) in [5.41, 5.74) is 2.80. The molecular formula is C22H18BrN3O2. The highest BCUT2D eigenvalue weighted by Crippen LogP contribution is 2.37. The molecule has 1 saturated heterocycles. The third-order valence-electron chi connectivity index (χ3n) is 5.41. The molecule has 0 atom stereocenters. The molecule has 2 aliphatic rings. The Labute approximate surface area is 171 Å². The van der Waals surface area contributed by atoms with Gasteiger partial charge in [-0.05, 0) is 36.4 Å². The van der Waals surface area contributed by atoms with E-state index in [2.05, 4.69) is 26.1 Å². The van der Waals surface area contributed by atoms with Crippen molar-refractivity contribution in [3.63, 3.8) is 0 Å². The van der Waals surface area contributed by atoms with Crippen LogP contribution in [0.1, 0.15) is 20.7 Å². The molecule has 5 nitrogen and oxygen atoms in total. The van der Waals surface area contributed by atoms with Gasteiger partial charge in [0.2, 0.25) is 0 Å². The average molecular weight is 436 g/mol. The molecule has 2 amide bonds. The molecule has 0 radical (unpaired) electrons. The van der Waals surface area contributed by atoms with Gasteiger partial charge < -0.3 is 10.2 Å². The standard InChI is InChI=1S/C22H18BrN3O2/c23-14-3-1-4-15(13-14)26-21(27)17-6-2-5-16-19(25-11-9-24-10-12-25)8-7-18(20(16)17)22(26)28/h1-8,13,24H,9-12H2. The van der Waals surface area contributed by atoms with Gasteiger partial charge in [-0.25, -0.2) is 4.90 Å². The van der Waals surface area contributed by atoms with Gasteiger partial charge in [0.1, 0.15) is 0 Å². The van der Waals surface area contributed by atoms with E-state index in [-0.39, 0.29) is 11.8 Å². The van der Waals surface area contributed by atoms with Gasteiger partial charge >= 0.3 is 0 Å². The van der Waals surface area contributed by atoms with E-state index in [1.54, 1.807) is 12.1 Å². The van der Waals surface area contributed by atoms with Crippen molar-refractivity contribution in [2.24, 2.45) is 0 Å². The number of nitrogens with zero attached hydrogens (tertiary/aromatic N) is 2. The Hall–Kier alpha value is -2.70. The monoisotopic (exact) mass is 435 g/mol. The number of carbonyl (C=O) groups excluding carboxylic acids is 2. The lowest BCUT2D eigenvalue weighted by molar-refractivity contribution is 0.0893.